The van der Waals surface area contributed by atoms with Gasteiger partial charge in [-0.3, -0.25) is 0 Å². The molecule has 0 radical (unpaired) electrons. The van der Waals surface area contributed by atoms with Crippen molar-refractivity contribution in [3.63, 3.8) is 0 Å². The molecule has 0 saturated heterocycles. The number of ether oxygens (including phenoxy) is 1. The third-order valence-corrected chi connectivity index (χ3v) is 2.58. The van der Waals surface area contributed by atoms with Crippen LogP contribution in [0.4, 0.5) is 0 Å². The van der Waals surface area contributed by atoms with Crippen molar-refractivity contribution < 1.29 is 4.74 Å². The summed E-state index contributed by atoms with van der Waals surface area (Å²) in [6.45, 7) is 15.8. The van der Waals surface area contributed by atoms with Crippen LogP contribution >= 0.6 is 0 Å². The second-order valence-electron chi connectivity index (χ2n) is 5.88. The van der Waals surface area contributed by atoms with Crippen LogP contribution in [0, 0.1) is 0 Å². The van der Waals surface area contributed by atoms with Gasteiger partial charge in [0.25, 0.3) is 0 Å². The highest BCUT2D eigenvalue weighted by Crippen LogP contribution is 2.01. The summed E-state index contributed by atoms with van der Waals surface area (Å²) in [5, 5.41) is 3.52. The molecule has 0 rings (SSSR count). The Bertz CT molecular complexity index is 175. The number of hydrogen-bond acceptors (Lipinski definition) is 3. The van der Waals surface area contributed by atoms with Gasteiger partial charge in [-0.05, 0) is 48.6 Å². The van der Waals surface area contributed by atoms with Crippen LogP contribution in [0.25, 0.3) is 0 Å². The van der Waals surface area contributed by atoms with Crippen LogP contribution in [0.5, 0.6) is 0 Å². The third kappa shape index (κ3) is 9.13. The van der Waals surface area contributed by atoms with E-state index >= 15 is 0 Å². The predicted octanol–water partition coefficient (Wildman–Crippen LogP) is 2.12. The summed E-state index contributed by atoms with van der Waals surface area (Å²) in [7, 11) is 2.15. The second-order valence-corrected chi connectivity index (χ2v) is 5.88. The minimum absolute atomic E-state index is 0.198. The van der Waals surface area contributed by atoms with Crippen molar-refractivity contribution in [3.05, 3.63) is 0 Å². The van der Waals surface area contributed by atoms with E-state index < -0.39 is 0 Å². The van der Waals surface area contributed by atoms with Crippen LogP contribution in [0.3, 0.4) is 0 Å². The van der Waals surface area contributed by atoms with Crippen LogP contribution in [0.1, 0.15) is 41.5 Å². The summed E-state index contributed by atoms with van der Waals surface area (Å²) in [6.07, 6.45) is 0.330. The topological polar surface area (TPSA) is 24.5 Å². The molecule has 0 bridgehead atoms. The average molecular weight is 230 g/mol. The van der Waals surface area contributed by atoms with Crippen molar-refractivity contribution in [1.82, 2.24) is 10.2 Å². The zero-order chi connectivity index (χ0) is 12.8. The summed E-state index contributed by atoms with van der Waals surface area (Å²) in [5.41, 5.74) is 0.198. The molecule has 0 heterocycles. The van der Waals surface area contributed by atoms with E-state index in [2.05, 4.69) is 58.8 Å². The molecule has 1 unspecified atom stereocenters. The molecule has 0 aromatic heterocycles. The Balaban J connectivity index is 3.69. The fraction of sp³-hybridized carbons (Fsp3) is 1.00. The molecule has 0 fully saturated rings. The molecule has 0 aliphatic carbocycles. The van der Waals surface area contributed by atoms with E-state index in [1.165, 1.54) is 0 Å². The Morgan fingerprint density at radius 2 is 1.75 bits per heavy atom. The van der Waals surface area contributed by atoms with Crippen LogP contribution in [-0.2, 0) is 4.74 Å². The molecule has 1 N–H and O–H groups in total. The molecule has 0 aliphatic heterocycles. The molecular weight excluding hydrogens is 200 g/mol. The first-order chi connectivity index (χ1) is 7.22. The minimum atomic E-state index is 0.198. The third-order valence-electron chi connectivity index (χ3n) is 2.58. The molecule has 98 valence electrons. The zero-order valence-corrected chi connectivity index (χ0v) is 12.1. The van der Waals surface area contributed by atoms with E-state index in [9.17, 15) is 0 Å². The van der Waals surface area contributed by atoms with Crippen molar-refractivity contribution in [3.8, 4) is 0 Å². The van der Waals surface area contributed by atoms with Gasteiger partial charge in [-0.15, -0.1) is 0 Å². The molecule has 0 spiro atoms. The van der Waals surface area contributed by atoms with Gasteiger partial charge >= 0.3 is 0 Å². The highest BCUT2D eigenvalue weighted by molar-refractivity contribution is 4.75. The van der Waals surface area contributed by atoms with Gasteiger partial charge in [0.15, 0.2) is 0 Å². The lowest BCUT2D eigenvalue weighted by atomic mass is 10.1. The summed E-state index contributed by atoms with van der Waals surface area (Å²) in [4.78, 5) is 2.33. The first kappa shape index (κ1) is 15.9. The maximum absolute atomic E-state index is 5.55. The van der Waals surface area contributed by atoms with Gasteiger partial charge in [-0.25, -0.2) is 0 Å². The summed E-state index contributed by atoms with van der Waals surface area (Å²) < 4.78 is 5.55. The highest BCUT2D eigenvalue weighted by atomic mass is 16.5. The molecule has 16 heavy (non-hydrogen) atoms. The van der Waals surface area contributed by atoms with Crippen LogP contribution in [-0.4, -0.2) is 49.3 Å². The number of hydrogen-bond donors (Lipinski definition) is 1. The minimum Gasteiger partial charge on any atom is -0.377 e. The molecule has 0 amide bonds. The molecule has 1 atom stereocenters. The number of likely N-dealkylation sites (N-methyl/N-ethyl adjacent to an activating group) is 1. The van der Waals surface area contributed by atoms with E-state index in [4.69, 9.17) is 4.74 Å². The normalized spacial score (nSPS) is 14.8. The van der Waals surface area contributed by atoms with Crippen LogP contribution in [0.2, 0.25) is 0 Å². The standard InChI is InChI=1S/C13H30N2O/c1-11(2)16-9-8-15(7)12(3)10-14-13(4,5)6/h11-12,14H,8-10H2,1-7H3. The first-order valence-corrected chi connectivity index (χ1v) is 6.29. The Kier molecular flexibility index (Phi) is 7.20. The lowest BCUT2D eigenvalue weighted by molar-refractivity contribution is 0.0568. The van der Waals surface area contributed by atoms with E-state index in [1.807, 2.05) is 0 Å². The number of nitrogens with one attached hydrogen (secondary N) is 1. The van der Waals surface area contributed by atoms with Crippen LogP contribution < -0.4 is 5.32 Å². The molecule has 3 nitrogen and oxygen atoms in total. The Labute approximate surface area is 102 Å². The Morgan fingerprint density at radius 3 is 2.19 bits per heavy atom. The number of rotatable bonds is 7. The number of nitrogens with zero attached hydrogens (tertiary/aromatic N) is 1. The fourth-order valence-corrected chi connectivity index (χ4v) is 1.26. The van der Waals surface area contributed by atoms with Crippen LogP contribution in [0.15, 0.2) is 0 Å². The first-order valence-electron chi connectivity index (χ1n) is 6.29. The molecule has 3 heteroatoms. The van der Waals surface area contributed by atoms with Crippen molar-refractivity contribution in [2.45, 2.75) is 59.2 Å². The summed E-state index contributed by atoms with van der Waals surface area (Å²) in [5.74, 6) is 0. The van der Waals surface area contributed by atoms with E-state index in [0.717, 1.165) is 19.7 Å². The van der Waals surface area contributed by atoms with E-state index in [1.54, 1.807) is 0 Å². The molecule has 0 saturated carbocycles. The van der Waals surface area contributed by atoms with Gasteiger partial charge in [-0.1, -0.05) is 0 Å². The highest BCUT2D eigenvalue weighted by Gasteiger charge is 2.13. The Morgan fingerprint density at radius 1 is 1.19 bits per heavy atom. The van der Waals surface area contributed by atoms with E-state index in [-0.39, 0.29) is 5.54 Å². The quantitative estimate of drug-likeness (QED) is 0.725. The largest absolute Gasteiger partial charge is 0.377 e. The van der Waals surface area contributed by atoms with Gasteiger partial charge in [0.05, 0.1) is 12.7 Å². The monoisotopic (exact) mass is 230 g/mol. The van der Waals surface area contributed by atoms with Gasteiger partial charge in [0, 0.05) is 24.7 Å². The van der Waals surface area contributed by atoms with Crippen molar-refractivity contribution in [1.29, 1.82) is 0 Å². The molecule has 0 aromatic carbocycles. The van der Waals surface area contributed by atoms with Gasteiger partial charge in [0.2, 0.25) is 0 Å². The Hall–Kier alpha value is -0.120. The zero-order valence-electron chi connectivity index (χ0n) is 12.1. The van der Waals surface area contributed by atoms with Gasteiger partial charge in [-0.2, -0.15) is 0 Å². The smallest absolute Gasteiger partial charge is 0.0596 e. The SMILES string of the molecule is CC(C)OCCN(C)C(C)CNC(C)(C)C. The van der Waals surface area contributed by atoms with Gasteiger partial charge < -0.3 is 15.0 Å². The maximum atomic E-state index is 5.55. The van der Waals surface area contributed by atoms with Crippen molar-refractivity contribution in [2.75, 3.05) is 26.7 Å². The fourth-order valence-electron chi connectivity index (χ4n) is 1.26. The summed E-state index contributed by atoms with van der Waals surface area (Å²) in [6, 6.07) is 0.537. The average Bonchev–Trinajstić information content (AvgIpc) is 2.12. The van der Waals surface area contributed by atoms with Crippen molar-refractivity contribution >= 4 is 0 Å². The maximum Gasteiger partial charge on any atom is 0.0596 e. The molecule has 0 aromatic rings. The van der Waals surface area contributed by atoms with Gasteiger partial charge in [0.1, 0.15) is 0 Å². The molecular formula is C13H30N2O. The lowest BCUT2D eigenvalue weighted by Crippen LogP contribution is -2.45. The lowest BCUT2D eigenvalue weighted by Gasteiger charge is -2.29. The predicted molar refractivity (Wildman–Crippen MR) is 70.9 cm³/mol. The van der Waals surface area contributed by atoms with Crippen molar-refractivity contribution in [2.24, 2.45) is 0 Å². The van der Waals surface area contributed by atoms with E-state index in [0.29, 0.717) is 12.1 Å². The second kappa shape index (κ2) is 7.25. The molecule has 0 aliphatic rings. The summed E-state index contributed by atoms with van der Waals surface area (Å²) >= 11 is 0.